The highest BCUT2D eigenvalue weighted by Gasteiger charge is 2.14. The maximum Gasteiger partial charge on any atom is 0.255 e. The van der Waals surface area contributed by atoms with Gasteiger partial charge in [0.05, 0.1) is 17.1 Å². The summed E-state index contributed by atoms with van der Waals surface area (Å²) in [6, 6.07) is 6.95. The minimum atomic E-state index is -0.218. The fourth-order valence-electron chi connectivity index (χ4n) is 2.39. The quantitative estimate of drug-likeness (QED) is 0.753. The van der Waals surface area contributed by atoms with E-state index in [1.54, 1.807) is 36.0 Å². The summed E-state index contributed by atoms with van der Waals surface area (Å²) in [5.74, 6) is 0.941. The number of aromatic nitrogens is 6. The molecule has 0 spiro atoms. The van der Waals surface area contributed by atoms with Crippen LogP contribution in [0.5, 0.6) is 5.75 Å². The summed E-state index contributed by atoms with van der Waals surface area (Å²) in [5.41, 5.74) is 2.89. The molecule has 3 rings (SSSR count). The Hall–Kier alpha value is -3.23. The number of nitrogens with zero attached hydrogens (tertiary/aromatic N) is 6. The Kier molecular flexibility index (Phi) is 4.46. The first kappa shape index (κ1) is 16.6. The average Bonchev–Trinajstić information content (AvgIpc) is 3.11. The summed E-state index contributed by atoms with van der Waals surface area (Å²) in [4.78, 5) is 12.5. The Balaban J connectivity index is 1.72. The molecule has 1 N–H and O–H groups in total. The number of hydrogen-bond acceptors (Lipinski definition) is 6. The first-order valence-corrected chi connectivity index (χ1v) is 7.71. The maximum atomic E-state index is 12.5. The molecule has 0 saturated heterocycles. The summed E-state index contributed by atoms with van der Waals surface area (Å²) >= 11 is 0. The predicted molar refractivity (Wildman–Crippen MR) is 90.2 cm³/mol. The maximum absolute atomic E-state index is 12.5. The molecule has 0 unspecified atom stereocenters. The molecule has 9 nitrogen and oxygen atoms in total. The highest BCUT2D eigenvalue weighted by molar-refractivity contribution is 6.05. The third-order valence-corrected chi connectivity index (χ3v) is 3.92. The van der Waals surface area contributed by atoms with Gasteiger partial charge in [0.2, 0.25) is 0 Å². The minimum absolute atomic E-state index is 0.218. The van der Waals surface area contributed by atoms with Crippen molar-refractivity contribution in [1.29, 1.82) is 0 Å². The van der Waals surface area contributed by atoms with E-state index in [0.29, 0.717) is 17.1 Å². The minimum Gasteiger partial charge on any atom is -0.486 e. The normalized spacial score (nSPS) is 10.7. The van der Waals surface area contributed by atoms with Gasteiger partial charge in [-0.15, -0.1) is 5.10 Å². The second-order valence-electron chi connectivity index (χ2n) is 5.66. The number of tetrazole rings is 1. The molecule has 0 bridgehead atoms. The molecule has 0 saturated carbocycles. The standard InChI is InChI=1S/C16H19N7O2/c1-10-15(11(2)22(3)19-10)17-16(24)12-6-5-7-13(8-12)25-9-14-18-20-21-23(14)4/h5-8H,9H2,1-4H3,(H,17,24). The summed E-state index contributed by atoms with van der Waals surface area (Å²) < 4.78 is 8.93. The molecule has 1 amide bonds. The largest absolute Gasteiger partial charge is 0.486 e. The molecule has 1 aromatic carbocycles. The second-order valence-corrected chi connectivity index (χ2v) is 5.66. The summed E-state index contributed by atoms with van der Waals surface area (Å²) in [5, 5.41) is 18.4. The van der Waals surface area contributed by atoms with Gasteiger partial charge in [-0.1, -0.05) is 6.07 Å². The van der Waals surface area contributed by atoms with Crippen molar-refractivity contribution in [3.8, 4) is 5.75 Å². The van der Waals surface area contributed by atoms with Crippen molar-refractivity contribution < 1.29 is 9.53 Å². The molecule has 2 aromatic heterocycles. The molecule has 0 aliphatic carbocycles. The molecule has 130 valence electrons. The number of carbonyl (C=O) groups is 1. The number of rotatable bonds is 5. The Labute approximate surface area is 144 Å². The number of carbonyl (C=O) groups excluding carboxylic acids is 1. The lowest BCUT2D eigenvalue weighted by Gasteiger charge is -2.08. The average molecular weight is 341 g/mol. The second kappa shape index (κ2) is 6.71. The van der Waals surface area contributed by atoms with Gasteiger partial charge < -0.3 is 10.1 Å². The Bertz CT molecular complexity index is 913. The van der Waals surface area contributed by atoms with Crippen molar-refractivity contribution in [3.05, 3.63) is 47.0 Å². The Morgan fingerprint density at radius 3 is 2.68 bits per heavy atom. The fourth-order valence-corrected chi connectivity index (χ4v) is 2.39. The Morgan fingerprint density at radius 1 is 1.24 bits per heavy atom. The molecular formula is C16H19N7O2. The van der Waals surface area contributed by atoms with Crippen molar-refractivity contribution in [3.63, 3.8) is 0 Å². The molecular weight excluding hydrogens is 322 g/mol. The van der Waals surface area contributed by atoms with Gasteiger partial charge in [0.25, 0.3) is 5.91 Å². The van der Waals surface area contributed by atoms with Crippen LogP contribution < -0.4 is 10.1 Å². The van der Waals surface area contributed by atoms with Crippen molar-refractivity contribution in [2.24, 2.45) is 14.1 Å². The molecule has 3 aromatic rings. The lowest BCUT2D eigenvalue weighted by molar-refractivity contribution is 0.102. The molecule has 0 radical (unpaired) electrons. The number of hydrogen-bond donors (Lipinski definition) is 1. The number of aryl methyl sites for hydroxylation is 3. The van der Waals surface area contributed by atoms with Crippen LogP contribution in [-0.2, 0) is 20.7 Å². The number of amides is 1. The lowest BCUT2D eigenvalue weighted by Crippen LogP contribution is -2.13. The van der Waals surface area contributed by atoms with Crippen LogP contribution in [0.4, 0.5) is 5.69 Å². The zero-order chi connectivity index (χ0) is 18.0. The van der Waals surface area contributed by atoms with E-state index >= 15 is 0 Å². The predicted octanol–water partition coefficient (Wildman–Crippen LogP) is 1.39. The number of anilines is 1. The van der Waals surface area contributed by atoms with Gasteiger partial charge >= 0.3 is 0 Å². The monoisotopic (exact) mass is 341 g/mol. The van der Waals surface area contributed by atoms with E-state index in [4.69, 9.17) is 4.74 Å². The van der Waals surface area contributed by atoms with Gasteiger partial charge in [-0.05, 0) is 42.5 Å². The van der Waals surface area contributed by atoms with Gasteiger partial charge in [0.15, 0.2) is 5.82 Å². The fraction of sp³-hybridized carbons (Fsp3) is 0.312. The van der Waals surface area contributed by atoms with Crippen LogP contribution in [0, 0.1) is 13.8 Å². The van der Waals surface area contributed by atoms with Crippen molar-refractivity contribution in [2.45, 2.75) is 20.5 Å². The Morgan fingerprint density at radius 2 is 2.04 bits per heavy atom. The first-order chi connectivity index (χ1) is 12.0. The van der Waals surface area contributed by atoms with E-state index in [1.165, 1.54) is 4.68 Å². The molecule has 25 heavy (non-hydrogen) atoms. The third-order valence-electron chi connectivity index (χ3n) is 3.92. The smallest absolute Gasteiger partial charge is 0.255 e. The van der Waals surface area contributed by atoms with E-state index in [0.717, 1.165) is 17.1 Å². The van der Waals surface area contributed by atoms with Crippen LogP contribution in [0.3, 0.4) is 0 Å². The zero-order valence-electron chi connectivity index (χ0n) is 14.5. The van der Waals surface area contributed by atoms with Crippen molar-refractivity contribution in [1.82, 2.24) is 30.0 Å². The molecule has 2 heterocycles. The van der Waals surface area contributed by atoms with Gasteiger partial charge in [-0.3, -0.25) is 9.48 Å². The zero-order valence-corrected chi connectivity index (χ0v) is 14.5. The number of benzene rings is 1. The van der Waals surface area contributed by atoms with Gasteiger partial charge in [-0.25, -0.2) is 4.68 Å². The van der Waals surface area contributed by atoms with E-state index < -0.39 is 0 Å². The highest BCUT2D eigenvalue weighted by Crippen LogP contribution is 2.21. The molecule has 0 aliphatic rings. The van der Waals surface area contributed by atoms with E-state index in [2.05, 4.69) is 25.9 Å². The SMILES string of the molecule is Cc1nn(C)c(C)c1NC(=O)c1cccc(OCc2nnnn2C)c1. The van der Waals surface area contributed by atoms with Crippen molar-refractivity contribution >= 4 is 11.6 Å². The van der Waals surface area contributed by atoms with Crippen LogP contribution >= 0.6 is 0 Å². The first-order valence-electron chi connectivity index (χ1n) is 7.71. The molecule has 9 heteroatoms. The molecule has 0 aliphatic heterocycles. The highest BCUT2D eigenvalue weighted by atomic mass is 16.5. The topological polar surface area (TPSA) is 99.8 Å². The van der Waals surface area contributed by atoms with Crippen LogP contribution in [0.25, 0.3) is 0 Å². The molecule has 0 fully saturated rings. The summed E-state index contributed by atoms with van der Waals surface area (Å²) in [6.45, 7) is 3.98. The van der Waals surface area contributed by atoms with Crippen LogP contribution in [0.2, 0.25) is 0 Å². The number of ether oxygens (including phenoxy) is 1. The third kappa shape index (κ3) is 3.49. The van der Waals surface area contributed by atoms with Gasteiger partial charge in [-0.2, -0.15) is 5.10 Å². The van der Waals surface area contributed by atoms with Gasteiger partial charge in [0.1, 0.15) is 12.4 Å². The lowest BCUT2D eigenvalue weighted by atomic mass is 10.2. The summed E-state index contributed by atoms with van der Waals surface area (Å²) in [7, 11) is 3.58. The van der Waals surface area contributed by atoms with Gasteiger partial charge in [0, 0.05) is 19.7 Å². The number of nitrogens with one attached hydrogen (secondary N) is 1. The van der Waals surface area contributed by atoms with Crippen molar-refractivity contribution in [2.75, 3.05) is 5.32 Å². The van der Waals surface area contributed by atoms with Crippen LogP contribution in [0.1, 0.15) is 27.6 Å². The van der Waals surface area contributed by atoms with E-state index in [1.807, 2.05) is 20.9 Å². The summed E-state index contributed by atoms with van der Waals surface area (Å²) in [6.07, 6.45) is 0. The van der Waals surface area contributed by atoms with Crippen LogP contribution in [-0.4, -0.2) is 35.9 Å². The van der Waals surface area contributed by atoms with Crippen LogP contribution in [0.15, 0.2) is 24.3 Å². The molecule has 0 atom stereocenters. The van der Waals surface area contributed by atoms with E-state index in [-0.39, 0.29) is 12.5 Å². The van der Waals surface area contributed by atoms with E-state index in [9.17, 15) is 4.79 Å².